The van der Waals surface area contributed by atoms with Crippen molar-refractivity contribution in [1.29, 1.82) is 0 Å². The Kier molecular flexibility index (Phi) is 3.71. The third-order valence-corrected chi connectivity index (χ3v) is 2.80. The Bertz CT molecular complexity index is 567. The Hall–Kier alpha value is -1.68. The summed E-state index contributed by atoms with van der Waals surface area (Å²) in [5.41, 5.74) is 2.30. The SMILES string of the molecule is Cc1ccn(-c2ccc(CNC(C)(C)C)cc2F)n1. The van der Waals surface area contributed by atoms with E-state index in [1.54, 1.807) is 23.0 Å². The summed E-state index contributed by atoms with van der Waals surface area (Å²) in [6.45, 7) is 8.80. The van der Waals surface area contributed by atoms with Crippen molar-refractivity contribution in [1.82, 2.24) is 15.1 Å². The van der Waals surface area contributed by atoms with Crippen LogP contribution in [-0.4, -0.2) is 15.3 Å². The number of hydrogen-bond donors (Lipinski definition) is 1. The predicted molar refractivity (Wildman–Crippen MR) is 74.9 cm³/mol. The second-order valence-electron chi connectivity index (χ2n) is 5.79. The van der Waals surface area contributed by atoms with Gasteiger partial charge in [0.2, 0.25) is 0 Å². The van der Waals surface area contributed by atoms with Crippen molar-refractivity contribution >= 4 is 0 Å². The summed E-state index contributed by atoms with van der Waals surface area (Å²) in [5.74, 6) is -0.253. The fourth-order valence-electron chi connectivity index (χ4n) is 1.76. The second kappa shape index (κ2) is 5.13. The minimum Gasteiger partial charge on any atom is -0.308 e. The molecule has 1 heterocycles. The van der Waals surface area contributed by atoms with Gasteiger partial charge in [0.15, 0.2) is 0 Å². The largest absolute Gasteiger partial charge is 0.308 e. The molecule has 0 aliphatic heterocycles. The van der Waals surface area contributed by atoms with Crippen LogP contribution in [-0.2, 0) is 6.54 Å². The fraction of sp³-hybridized carbons (Fsp3) is 0.400. The molecule has 3 nitrogen and oxygen atoms in total. The van der Waals surface area contributed by atoms with E-state index in [1.807, 2.05) is 19.1 Å². The Morgan fingerprint density at radius 2 is 2.00 bits per heavy atom. The van der Waals surface area contributed by atoms with Crippen molar-refractivity contribution in [3.63, 3.8) is 0 Å². The van der Waals surface area contributed by atoms with E-state index in [4.69, 9.17) is 0 Å². The van der Waals surface area contributed by atoms with Crippen molar-refractivity contribution < 1.29 is 4.39 Å². The summed E-state index contributed by atoms with van der Waals surface area (Å²) < 4.78 is 15.6. The first-order valence-electron chi connectivity index (χ1n) is 6.41. The highest BCUT2D eigenvalue weighted by molar-refractivity contribution is 5.36. The van der Waals surface area contributed by atoms with Crippen LogP contribution in [0.25, 0.3) is 5.69 Å². The summed E-state index contributed by atoms with van der Waals surface area (Å²) in [6.07, 6.45) is 1.76. The van der Waals surface area contributed by atoms with Gasteiger partial charge < -0.3 is 5.32 Å². The molecule has 1 aromatic carbocycles. The van der Waals surface area contributed by atoms with Crippen LogP contribution in [0.4, 0.5) is 4.39 Å². The standard InChI is InChI=1S/C15H20FN3/c1-11-7-8-19(18-11)14-6-5-12(9-13(14)16)10-17-15(2,3)4/h5-9,17H,10H2,1-4H3. The van der Waals surface area contributed by atoms with Gasteiger partial charge in [0.1, 0.15) is 11.5 Å². The molecule has 0 radical (unpaired) electrons. The molecular formula is C15H20FN3. The van der Waals surface area contributed by atoms with Crippen LogP contribution < -0.4 is 5.32 Å². The summed E-state index contributed by atoms with van der Waals surface area (Å²) in [6, 6.07) is 7.11. The third kappa shape index (κ3) is 3.64. The Labute approximate surface area is 113 Å². The highest BCUT2D eigenvalue weighted by atomic mass is 19.1. The fourth-order valence-corrected chi connectivity index (χ4v) is 1.76. The molecule has 4 heteroatoms. The lowest BCUT2D eigenvalue weighted by Crippen LogP contribution is -2.35. The van der Waals surface area contributed by atoms with Crippen molar-refractivity contribution in [2.75, 3.05) is 0 Å². The molecule has 0 saturated carbocycles. The lowest BCUT2D eigenvalue weighted by Gasteiger charge is -2.20. The van der Waals surface area contributed by atoms with Gasteiger partial charge in [-0.3, -0.25) is 0 Å². The number of benzene rings is 1. The first-order chi connectivity index (χ1) is 8.85. The molecule has 0 aliphatic rings. The van der Waals surface area contributed by atoms with Gasteiger partial charge in [-0.15, -0.1) is 0 Å². The highest BCUT2D eigenvalue weighted by Gasteiger charge is 2.10. The van der Waals surface area contributed by atoms with E-state index in [0.29, 0.717) is 12.2 Å². The topological polar surface area (TPSA) is 29.9 Å². The van der Waals surface area contributed by atoms with Gasteiger partial charge >= 0.3 is 0 Å². The van der Waals surface area contributed by atoms with Crippen LogP contribution in [0.2, 0.25) is 0 Å². The van der Waals surface area contributed by atoms with Crippen molar-refractivity contribution in [2.45, 2.75) is 39.8 Å². The Balaban J connectivity index is 2.18. The van der Waals surface area contributed by atoms with Crippen LogP contribution >= 0.6 is 0 Å². The Morgan fingerprint density at radius 3 is 2.53 bits per heavy atom. The third-order valence-electron chi connectivity index (χ3n) is 2.80. The van der Waals surface area contributed by atoms with Gasteiger partial charge in [-0.2, -0.15) is 5.10 Å². The van der Waals surface area contributed by atoms with E-state index in [2.05, 4.69) is 31.2 Å². The van der Waals surface area contributed by atoms with Crippen LogP contribution in [0.1, 0.15) is 32.0 Å². The zero-order valence-corrected chi connectivity index (χ0v) is 11.9. The molecule has 0 aliphatic carbocycles. The van der Waals surface area contributed by atoms with E-state index in [-0.39, 0.29) is 11.4 Å². The van der Waals surface area contributed by atoms with E-state index >= 15 is 0 Å². The zero-order chi connectivity index (χ0) is 14.0. The first kappa shape index (κ1) is 13.7. The quantitative estimate of drug-likeness (QED) is 0.919. The van der Waals surface area contributed by atoms with E-state index < -0.39 is 0 Å². The van der Waals surface area contributed by atoms with Crippen molar-refractivity contribution in [3.8, 4) is 5.69 Å². The number of rotatable bonds is 3. The van der Waals surface area contributed by atoms with Gasteiger partial charge in [0.25, 0.3) is 0 Å². The molecule has 102 valence electrons. The molecule has 0 spiro atoms. The molecule has 19 heavy (non-hydrogen) atoms. The number of halogens is 1. The maximum absolute atomic E-state index is 14.1. The first-order valence-corrected chi connectivity index (χ1v) is 6.41. The number of nitrogens with zero attached hydrogens (tertiary/aromatic N) is 2. The number of hydrogen-bond acceptors (Lipinski definition) is 2. The predicted octanol–water partition coefficient (Wildman–Crippen LogP) is 3.21. The molecule has 1 N–H and O–H groups in total. The molecule has 0 unspecified atom stereocenters. The minimum atomic E-state index is -0.253. The maximum atomic E-state index is 14.1. The molecule has 0 bridgehead atoms. The smallest absolute Gasteiger partial charge is 0.149 e. The molecule has 0 atom stereocenters. The van der Waals surface area contributed by atoms with E-state index in [0.717, 1.165) is 11.3 Å². The lowest BCUT2D eigenvalue weighted by molar-refractivity contribution is 0.423. The van der Waals surface area contributed by atoms with Gasteiger partial charge in [0, 0.05) is 18.3 Å². The second-order valence-corrected chi connectivity index (χ2v) is 5.79. The van der Waals surface area contributed by atoms with E-state index in [1.165, 1.54) is 0 Å². The minimum absolute atomic E-state index is 0.0221. The molecule has 1 aromatic heterocycles. The number of aromatic nitrogens is 2. The normalized spacial score (nSPS) is 11.8. The Morgan fingerprint density at radius 1 is 1.26 bits per heavy atom. The van der Waals surface area contributed by atoms with Crippen LogP contribution in [0.5, 0.6) is 0 Å². The molecule has 0 fully saturated rings. The highest BCUT2D eigenvalue weighted by Crippen LogP contribution is 2.15. The summed E-state index contributed by atoms with van der Waals surface area (Å²) in [5, 5.41) is 7.56. The summed E-state index contributed by atoms with van der Waals surface area (Å²) in [7, 11) is 0. The van der Waals surface area contributed by atoms with Gasteiger partial charge in [-0.1, -0.05) is 6.07 Å². The zero-order valence-electron chi connectivity index (χ0n) is 11.9. The average molecular weight is 261 g/mol. The van der Waals surface area contributed by atoms with Gasteiger partial charge in [-0.05, 0) is 51.5 Å². The van der Waals surface area contributed by atoms with Gasteiger partial charge in [-0.25, -0.2) is 9.07 Å². The summed E-state index contributed by atoms with van der Waals surface area (Å²) in [4.78, 5) is 0. The van der Waals surface area contributed by atoms with Crippen LogP contribution in [0.15, 0.2) is 30.5 Å². The number of aryl methyl sites for hydroxylation is 1. The van der Waals surface area contributed by atoms with Crippen molar-refractivity contribution in [2.24, 2.45) is 0 Å². The average Bonchev–Trinajstić information content (AvgIpc) is 2.72. The van der Waals surface area contributed by atoms with Crippen molar-refractivity contribution in [3.05, 3.63) is 47.5 Å². The van der Waals surface area contributed by atoms with Crippen LogP contribution in [0, 0.1) is 12.7 Å². The van der Waals surface area contributed by atoms with Gasteiger partial charge in [0.05, 0.1) is 5.69 Å². The lowest BCUT2D eigenvalue weighted by atomic mass is 10.1. The summed E-state index contributed by atoms with van der Waals surface area (Å²) >= 11 is 0. The van der Waals surface area contributed by atoms with E-state index in [9.17, 15) is 4.39 Å². The molecular weight excluding hydrogens is 241 g/mol. The molecule has 2 aromatic rings. The maximum Gasteiger partial charge on any atom is 0.149 e. The number of nitrogens with one attached hydrogen (secondary N) is 1. The molecule has 0 saturated heterocycles. The molecule has 2 rings (SSSR count). The molecule has 0 amide bonds. The van der Waals surface area contributed by atoms with Crippen LogP contribution in [0.3, 0.4) is 0 Å². The monoisotopic (exact) mass is 261 g/mol.